The predicted octanol–water partition coefficient (Wildman–Crippen LogP) is 4.16. The van der Waals surface area contributed by atoms with Crippen molar-refractivity contribution in [3.05, 3.63) is 64.7 Å². The molecule has 1 N–H and O–H groups in total. The van der Waals surface area contributed by atoms with Crippen molar-refractivity contribution < 1.29 is 35.2 Å². The number of rotatable bonds is 4. The van der Waals surface area contributed by atoms with Crippen molar-refractivity contribution in [2.75, 3.05) is 11.3 Å². The average Bonchev–Trinajstić information content (AvgIpc) is 2.61. The Bertz CT molecular complexity index is 1100. The van der Waals surface area contributed by atoms with Crippen LogP contribution in [0.4, 0.5) is 27.6 Å². The van der Waals surface area contributed by atoms with E-state index in [9.17, 15) is 35.2 Å². The fraction of sp³-hybridized carbons (Fsp3) is 0.316. The van der Waals surface area contributed by atoms with Gasteiger partial charge >= 0.3 is 15.5 Å². The molecule has 0 aromatic heterocycles. The Morgan fingerprint density at radius 2 is 1.60 bits per heavy atom. The second-order valence-corrected chi connectivity index (χ2v) is 9.25. The number of hydrogen-bond donors (Lipinski definition) is 1. The summed E-state index contributed by atoms with van der Waals surface area (Å²) in [6.45, 7) is 3.40. The first-order chi connectivity index (χ1) is 13.7. The van der Waals surface area contributed by atoms with Crippen molar-refractivity contribution in [3.8, 4) is 0 Å². The summed E-state index contributed by atoms with van der Waals surface area (Å²) in [5.74, 6) is -2.22. The minimum Gasteiger partial charge on any atom is -0.333 e. The van der Waals surface area contributed by atoms with E-state index in [0.717, 1.165) is 24.3 Å². The molecule has 30 heavy (non-hydrogen) atoms. The monoisotopic (exact) mass is 448 g/mol. The summed E-state index contributed by atoms with van der Waals surface area (Å²) in [4.78, 5) is 14.1. The van der Waals surface area contributed by atoms with Gasteiger partial charge in [0.05, 0.1) is 5.56 Å². The summed E-state index contributed by atoms with van der Waals surface area (Å²) in [6.07, 6.45) is 0. The predicted molar refractivity (Wildman–Crippen MR) is 99.2 cm³/mol. The highest BCUT2D eigenvalue weighted by Gasteiger charge is 2.46. The van der Waals surface area contributed by atoms with Crippen LogP contribution in [-0.2, 0) is 22.0 Å². The summed E-state index contributed by atoms with van der Waals surface area (Å²) in [6, 6.07) is 6.77. The van der Waals surface area contributed by atoms with Crippen LogP contribution in [0.1, 0.15) is 35.3 Å². The normalized spacial score (nSPS) is 16.4. The van der Waals surface area contributed by atoms with Gasteiger partial charge in [0.25, 0.3) is 5.91 Å². The van der Waals surface area contributed by atoms with Crippen LogP contribution in [0.25, 0.3) is 0 Å². The number of alkyl halides is 3. The third-order valence-corrected chi connectivity index (χ3v) is 5.87. The van der Waals surface area contributed by atoms with Crippen LogP contribution >= 0.6 is 0 Å². The lowest BCUT2D eigenvalue weighted by molar-refractivity contribution is -0.0429. The lowest BCUT2D eigenvalue weighted by Gasteiger charge is -2.39. The molecule has 0 unspecified atom stereocenters. The van der Waals surface area contributed by atoms with E-state index in [4.69, 9.17) is 0 Å². The van der Waals surface area contributed by atoms with Crippen LogP contribution in [0.2, 0.25) is 0 Å². The Morgan fingerprint density at radius 3 is 2.17 bits per heavy atom. The lowest BCUT2D eigenvalue weighted by Crippen LogP contribution is -2.47. The number of nitrogens with one attached hydrogen (secondary N) is 1. The molecule has 0 fully saturated rings. The van der Waals surface area contributed by atoms with Gasteiger partial charge in [-0.3, -0.25) is 9.52 Å². The van der Waals surface area contributed by atoms with Crippen molar-refractivity contribution in [1.29, 1.82) is 0 Å². The van der Waals surface area contributed by atoms with E-state index in [0.29, 0.717) is 5.56 Å². The molecule has 0 aliphatic carbocycles. The fourth-order valence-corrected chi connectivity index (χ4v) is 4.01. The first-order valence-corrected chi connectivity index (χ1v) is 10.2. The molecule has 3 rings (SSSR count). The van der Waals surface area contributed by atoms with Gasteiger partial charge < -0.3 is 4.90 Å². The maximum absolute atomic E-state index is 14.3. The standard InChI is InChI=1S/C19H17F5N2O3S/c1-18(2)10-26(17(27)15-13(20)7-8-14(21)16(15)18)9-11-3-5-12(6-4-11)25-30(28,29)19(22,23)24/h3-8,25H,9-10H2,1-2H3. The molecule has 0 saturated heterocycles. The van der Waals surface area contributed by atoms with E-state index in [1.165, 1.54) is 21.8 Å². The second kappa shape index (κ2) is 7.22. The molecule has 0 bridgehead atoms. The second-order valence-electron chi connectivity index (χ2n) is 7.57. The quantitative estimate of drug-likeness (QED) is 0.715. The van der Waals surface area contributed by atoms with Gasteiger partial charge in [0.2, 0.25) is 0 Å². The van der Waals surface area contributed by atoms with Crippen LogP contribution in [0, 0.1) is 11.6 Å². The largest absolute Gasteiger partial charge is 0.516 e. The van der Waals surface area contributed by atoms with Crippen molar-refractivity contribution in [3.63, 3.8) is 0 Å². The summed E-state index contributed by atoms with van der Waals surface area (Å²) < 4.78 is 89.6. The van der Waals surface area contributed by atoms with Crippen LogP contribution in [-0.4, -0.2) is 31.3 Å². The van der Waals surface area contributed by atoms with Crippen molar-refractivity contribution >= 4 is 21.6 Å². The van der Waals surface area contributed by atoms with E-state index >= 15 is 0 Å². The Kier molecular flexibility index (Phi) is 5.30. The molecular weight excluding hydrogens is 431 g/mol. The Morgan fingerprint density at radius 1 is 1.03 bits per heavy atom. The van der Waals surface area contributed by atoms with E-state index < -0.39 is 38.5 Å². The molecule has 0 radical (unpaired) electrons. The molecule has 1 heterocycles. The number of amides is 1. The van der Waals surface area contributed by atoms with Gasteiger partial charge in [-0.15, -0.1) is 0 Å². The number of halogens is 5. The molecule has 11 heteroatoms. The first-order valence-electron chi connectivity index (χ1n) is 8.69. The van der Waals surface area contributed by atoms with Crippen molar-refractivity contribution in [2.45, 2.75) is 31.3 Å². The molecule has 1 aliphatic rings. The average molecular weight is 448 g/mol. The molecule has 0 saturated carbocycles. The van der Waals surface area contributed by atoms with Gasteiger partial charge in [-0.1, -0.05) is 26.0 Å². The number of sulfonamides is 1. The highest BCUT2D eigenvalue weighted by molar-refractivity contribution is 7.93. The first kappa shape index (κ1) is 22.0. The molecule has 2 aromatic carbocycles. The van der Waals surface area contributed by atoms with Crippen LogP contribution < -0.4 is 4.72 Å². The van der Waals surface area contributed by atoms with Gasteiger partial charge in [0, 0.05) is 29.8 Å². The van der Waals surface area contributed by atoms with E-state index in [1.54, 1.807) is 13.8 Å². The molecular formula is C19H17F5N2O3S. The van der Waals surface area contributed by atoms with Crippen molar-refractivity contribution in [2.24, 2.45) is 0 Å². The molecule has 0 atom stereocenters. The zero-order valence-corrected chi connectivity index (χ0v) is 16.7. The lowest BCUT2D eigenvalue weighted by atomic mass is 9.77. The van der Waals surface area contributed by atoms with Gasteiger partial charge in [0.15, 0.2) is 0 Å². The summed E-state index contributed by atoms with van der Waals surface area (Å²) in [5, 5.41) is 0. The van der Waals surface area contributed by atoms with Gasteiger partial charge in [-0.2, -0.15) is 21.6 Å². The van der Waals surface area contributed by atoms with Gasteiger partial charge in [-0.25, -0.2) is 8.78 Å². The summed E-state index contributed by atoms with van der Waals surface area (Å²) in [5.41, 5.74) is -6.52. The smallest absolute Gasteiger partial charge is 0.333 e. The highest BCUT2D eigenvalue weighted by atomic mass is 32.2. The SMILES string of the molecule is CC1(C)CN(Cc2ccc(NS(=O)(=O)C(F)(F)F)cc2)C(=O)c2c(F)ccc(F)c21. The summed E-state index contributed by atoms with van der Waals surface area (Å²) in [7, 11) is -5.55. The Labute approximate surface area is 169 Å². The number of fused-ring (bicyclic) bond motifs is 1. The number of carbonyl (C=O) groups is 1. The zero-order chi connectivity index (χ0) is 22.5. The Balaban J connectivity index is 1.84. The number of carbonyl (C=O) groups excluding carboxylic acids is 1. The number of hydrogen-bond acceptors (Lipinski definition) is 3. The third kappa shape index (κ3) is 3.98. The molecule has 1 aliphatic heterocycles. The molecule has 1 amide bonds. The maximum atomic E-state index is 14.3. The van der Waals surface area contributed by atoms with Crippen molar-refractivity contribution in [1.82, 2.24) is 4.90 Å². The highest BCUT2D eigenvalue weighted by Crippen LogP contribution is 2.37. The van der Waals surface area contributed by atoms with E-state index in [2.05, 4.69) is 0 Å². The number of nitrogens with zero attached hydrogens (tertiary/aromatic N) is 1. The minimum atomic E-state index is -5.55. The van der Waals surface area contributed by atoms with Crippen LogP contribution in [0.15, 0.2) is 36.4 Å². The Hall–Kier alpha value is -2.69. The molecule has 0 spiro atoms. The van der Waals surface area contributed by atoms with E-state index in [1.807, 2.05) is 0 Å². The topological polar surface area (TPSA) is 66.5 Å². The molecule has 5 nitrogen and oxygen atoms in total. The molecule has 162 valence electrons. The maximum Gasteiger partial charge on any atom is 0.516 e. The third-order valence-electron chi connectivity index (χ3n) is 4.75. The minimum absolute atomic E-state index is 0.000607. The molecule has 2 aromatic rings. The van der Waals surface area contributed by atoms with E-state index in [-0.39, 0.29) is 29.9 Å². The van der Waals surface area contributed by atoms with Gasteiger partial charge in [0.1, 0.15) is 11.6 Å². The van der Waals surface area contributed by atoms with Crippen LogP contribution in [0.5, 0.6) is 0 Å². The number of anilines is 1. The van der Waals surface area contributed by atoms with Gasteiger partial charge in [-0.05, 0) is 29.8 Å². The number of benzene rings is 2. The zero-order valence-electron chi connectivity index (χ0n) is 15.8. The van der Waals surface area contributed by atoms with Crippen LogP contribution in [0.3, 0.4) is 0 Å². The summed E-state index contributed by atoms with van der Waals surface area (Å²) >= 11 is 0. The fourth-order valence-electron chi connectivity index (χ4n) is 3.45.